The Morgan fingerprint density at radius 1 is 0.714 bits per heavy atom. The molecule has 0 aromatic heterocycles. The zero-order chi connectivity index (χ0) is 31.3. The first-order valence-corrected chi connectivity index (χ1v) is 13.9. The quantitative estimate of drug-likeness (QED) is 0.117. The van der Waals surface area contributed by atoms with Gasteiger partial charge in [-0.3, -0.25) is 0 Å². The van der Waals surface area contributed by atoms with Crippen molar-refractivity contribution in [3.63, 3.8) is 0 Å². The van der Waals surface area contributed by atoms with Crippen molar-refractivity contribution in [2.24, 2.45) is 0 Å². The van der Waals surface area contributed by atoms with E-state index in [9.17, 15) is 24.0 Å². The molecule has 13 nitrogen and oxygen atoms in total. The third-order valence-corrected chi connectivity index (χ3v) is 5.62. The van der Waals surface area contributed by atoms with Crippen LogP contribution in [-0.2, 0) is 19.1 Å². The van der Waals surface area contributed by atoms with Gasteiger partial charge in [-0.15, -0.1) is 0 Å². The number of nitrogens with zero attached hydrogens (tertiary/aromatic N) is 2. The molecular formula is C29H44N6O7. The number of rotatable bonds is 18. The molecule has 1 rings (SSSR count). The highest BCUT2D eigenvalue weighted by Crippen LogP contribution is 2.08. The maximum absolute atomic E-state index is 13.0. The summed E-state index contributed by atoms with van der Waals surface area (Å²) < 4.78 is 9.94. The van der Waals surface area contributed by atoms with Gasteiger partial charge >= 0.3 is 30.0 Å². The summed E-state index contributed by atoms with van der Waals surface area (Å²) in [5, 5.41) is 10.8. The molecule has 0 aliphatic heterocycles. The Hall–Kier alpha value is -4.55. The average molecular weight is 589 g/mol. The Morgan fingerprint density at radius 3 is 1.79 bits per heavy atom. The predicted octanol–water partition coefficient (Wildman–Crippen LogP) is 2.87. The highest BCUT2D eigenvalue weighted by molar-refractivity contribution is 5.89. The molecule has 0 atom stereocenters. The smallest absolute Gasteiger partial charge is 0.333 e. The zero-order valence-electron chi connectivity index (χ0n) is 24.8. The van der Waals surface area contributed by atoms with E-state index in [-0.39, 0.29) is 69.7 Å². The first-order chi connectivity index (χ1) is 20.0. The molecule has 42 heavy (non-hydrogen) atoms. The van der Waals surface area contributed by atoms with Crippen LogP contribution in [0.25, 0.3) is 0 Å². The summed E-state index contributed by atoms with van der Waals surface area (Å²) in [6.45, 7) is 13.4. The standard InChI is InChI=1S/C29H44N6O7/c1-6-7-16-34(29(40)33-24-11-9-8-10-12-24)18-19-35(28(39)32-15-21-42-26(37)23(4)5)17-13-30-27(38)31-14-20-41-25(36)22(2)3/h8-12H,2,4,6-7,13-21H2,1,3,5H3,(H,32,39)(H,33,40)(H2,30,31,38). The van der Waals surface area contributed by atoms with E-state index in [0.29, 0.717) is 12.2 Å². The van der Waals surface area contributed by atoms with Crippen molar-refractivity contribution < 1.29 is 33.4 Å². The summed E-state index contributed by atoms with van der Waals surface area (Å²) in [5.74, 6) is -1.10. The number of benzene rings is 1. The number of unbranched alkanes of at least 4 members (excludes halogenated alkanes) is 1. The van der Waals surface area contributed by atoms with Crippen LogP contribution in [0, 0.1) is 0 Å². The lowest BCUT2D eigenvalue weighted by molar-refractivity contribution is -0.139. The Morgan fingerprint density at radius 2 is 1.24 bits per heavy atom. The van der Waals surface area contributed by atoms with E-state index < -0.39 is 24.0 Å². The normalized spacial score (nSPS) is 10.1. The number of para-hydroxylation sites is 1. The summed E-state index contributed by atoms with van der Waals surface area (Å²) >= 11 is 0. The fraction of sp³-hybridized carbons (Fsp3) is 0.483. The van der Waals surface area contributed by atoms with Crippen LogP contribution in [0.2, 0.25) is 0 Å². The van der Waals surface area contributed by atoms with Crippen LogP contribution in [0.15, 0.2) is 54.6 Å². The minimum atomic E-state index is -0.554. The van der Waals surface area contributed by atoms with Gasteiger partial charge in [0.25, 0.3) is 0 Å². The van der Waals surface area contributed by atoms with E-state index in [1.165, 1.54) is 18.7 Å². The number of nitrogens with one attached hydrogen (secondary N) is 4. The third-order valence-electron chi connectivity index (χ3n) is 5.62. The fourth-order valence-corrected chi connectivity index (χ4v) is 3.28. The lowest BCUT2D eigenvalue weighted by atomic mass is 10.3. The summed E-state index contributed by atoms with van der Waals surface area (Å²) in [6, 6.07) is 7.84. The molecule has 0 bridgehead atoms. The summed E-state index contributed by atoms with van der Waals surface area (Å²) in [5.41, 5.74) is 1.17. The van der Waals surface area contributed by atoms with Crippen molar-refractivity contribution in [3.8, 4) is 0 Å². The number of ether oxygens (including phenoxy) is 2. The maximum atomic E-state index is 13.0. The minimum absolute atomic E-state index is 0.0117. The van der Waals surface area contributed by atoms with Gasteiger partial charge in [0.1, 0.15) is 13.2 Å². The molecule has 4 N–H and O–H groups in total. The summed E-state index contributed by atoms with van der Waals surface area (Å²) in [7, 11) is 0. The molecule has 1 aromatic carbocycles. The molecular weight excluding hydrogens is 544 g/mol. The van der Waals surface area contributed by atoms with E-state index in [0.717, 1.165) is 12.8 Å². The van der Waals surface area contributed by atoms with E-state index >= 15 is 0 Å². The van der Waals surface area contributed by atoms with Gasteiger partial charge < -0.3 is 40.5 Å². The molecule has 0 aliphatic carbocycles. The van der Waals surface area contributed by atoms with Crippen LogP contribution >= 0.6 is 0 Å². The number of amides is 6. The molecule has 1 aromatic rings. The highest BCUT2D eigenvalue weighted by Gasteiger charge is 2.19. The number of carbonyl (C=O) groups is 5. The lowest BCUT2D eigenvalue weighted by Gasteiger charge is -2.28. The molecule has 13 heteroatoms. The Labute approximate surface area is 247 Å². The second kappa shape index (κ2) is 20.3. The number of carbonyl (C=O) groups excluding carboxylic acids is 5. The van der Waals surface area contributed by atoms with Crippen molar-refractivity contribution in [2.45, 2.75) is 33.6 Å². The zero-order valence-corrected chi connectivity index (χ0v) is 24.8. The monoisotopic (exact) mass is 588 g/mol. The summed E-state index contributed by atoms with van der Waals surface area (Å²) in [6.07, 6.45) is 1.67. The van der Waals surface area contributed by atoms with Crippen molar-refractivity contribution >= 4 is 35.7 Å². The third kappa shape index (κ3) is 15.3. The summed E-state index contributed by atoms with van der Waals surface area (Å²) in [4.78, 5) is 64.2. The van der Waals surface area contributed by atoms with Gasteiger partial charge in [0.05, 0.1) is 13.1 Å². The maximum Gasteiger partial charge on any atom is 0.333 e. The van der Waals surface area contributed by atoms with Crippen molar-refractivity contribution in [2.75, 3.05) is 64.3 Å². The van der Waals surface area contributed by atoms with Crippen molar-refractivity contribution in [3.05, 3.63) is 54.6 Å². The number of urea groups is 3. The number of hydrogen-bond donors (Lipinski definition) is 4. The molecule has 0 unspecified atom stereocenters. The predicted molar refractivity (Wildman–Crippen MR) is 160 cm³/mol. The first kappa shape index (κ1) is 35.5. The topological polar surface area (TPSA) is 158 Å². The van der Waals surface area contributed by atoms with Crippen LogP contribution in [-0.4, -0.2) is 98.9 Å². The molecule has 232 valence electrons. The molecule has 0 heterocycles. The molecule has 0 radical (unpaired) electrons. The van der Waals surface area contributed by atoms with Crippen molar-refractivity contribution in [1.82, 2.24) is 25.8 Å². The van der Waals surface area contributed by atoms with Gasteiger partial charge in [0.15, 0.2) is 0 Å². The van der Waals surface area contributed by atoms with E-state index in [2.05, 4.69) is 34.4 Å². The molecule has 0 saturated heterocycles. The molecule has 0 spiro atoms. The molecule has 0 fully saturated rings. The van der Waals surface area contributed by atoms with E-state index in [1.807, 2.05) is 25.1 Å². The number of esters is 2. The number of hydrogen-bond acceptors (Lipinski definition) is 7. The van der Waals surface area contributed by atoms with Gasteiger partial charge in [-0.2, -0.15) is 0 Å². The highest BCUT2D eigenvalue weighted by atomic mass is 16.5. The lowest BCUT2D eigenvalue weighted by Crippen LogP contribution is -2.49. The second-order valence-corrected chi connectivity index (χ2v) is 9.37. The Kier molecular flexibility index (Phi) is 17.2. The van der Waals surface area contributed by atoms with Gasteiger partial charge in [-0.25, -0.2) is 24.0 Å². The second-order valence-electron chi connectivity index (χ2n) is 9.37. The molecule has 0 saturated carbocycles. The van der Waals surface area contributed by atoms with Gasteiger partial charge in [-0.05, 0) is 32.4 Å². The molecule has 6 amide bonds. The van der Waals surface area contributed by atoms with E-state index in [1.54, 1.807) is 17.0 Å². The van der Waals surface area contributed by atoms with Crippen molar-refractivity contribution in [1.29, 1.82) is 0 Å². The first-order valence-electron chi connectivity index (χ1n) is 13.9. The van der Waals surface area contributed by atoms with Gasteiger partial charge in [0, 0.05) is 49.6 Å². The van der Waals surface area contributed by atoms with Crippen LogP contribution in [0.4, 0.5) is 20.1 Å². The minimum Gasteiger partial charge on any atom is -0.460 e. The number of anilines is 1. The van der Waals surface area contributed by atoms with Crippen LogP contribution in [0.3, 0.4) is 0 Å². The van der Waals surface area contributed by atoms with Crippen LogP contribution < -0.4 is 21.3 Å². The fourth-order valence-electron chi connectivity index (χ4n) is 3.28. The Bertz CT molecular complexity index is 1060. The SMILES string of the molecule is C=C(C)C(=O)OCCNC(=O)NCCN(CCN(CCCC)C(=O)Nc1ccccc1)C(=O)NCCOC(=O)C(=C)C. The van der Waals surface area contributed by atoms with Gasteiger partial charge in [0.2, 0.25) is 0 Å². The largest absolute Gasteiger partial charge is 0.460 e. The average Bonchev–Trinajstić information content (AvgIpc) is 2.96. The molecule has 0 aliphatic rings. The van der Waals surface area contributed by atoms with Crippen LogP contribution in [0.1, 0.15) is 33.6 Å². The van der Waals surface area contributed by atoms with Crippen LogP contribution in [0.5, 0.6) is 0 Å². The van der Waals surface area contributed by atoms with Gasteiger partial charge in [-0.1, -0.05) is 44.7 Å². The Balaban J connectivity index is 2.72. The van der Waals surface area contributed by atoms with E-state index in [4.69, 9.17) is 9.47 Å².